The fourth-order valence-electron chi connectivity index (χ4n) is 2.03. The third kappa shape index (κ3) is 3.78. The maximum absolute atomic E-state index is 12.9. The van der Waals surface area contributed by atoms with E-state index in [9.17, 15) is 13.2 Å². The molecule has 19 heavy (non-hydrogen) atoms. The standard InChI is InChI=1S/C13H15F3N2O/c14-13(15,16)12-7-6-11(17)8-18(12)19-9-10-4-2-1-3-5-10/h1-5,12,17H,6-9H2. The Hall–Kier alpha value is -1.40. The molecule has 1 heterocycles. The van der Waals surface area contributed by atoms with Gasteiger partial charge in [-0.15, -0.1) is 0 Å². The molecule has 6 heteroatoms. The minimum absolute atomic E-state index is 0.0840. The van der Waals surface area contributed by atoms with Crippen LogP contribution < -0.4 is 0 Å². The summed E-state index contributed by atoms with van der Waals surface area (Å²) in [5.41, 5.74) is 1.08. The van der Waals surface area contributed by atoms with Crippen molar-refractivity contribution in [2.24, 2.45) is 0 Å². The van der Waals surface area contributed by atoms with Crippen LogP contribution in [0.5, 0.6) is 0 Å². The quantitative estimate of drug-likeness (QED) is 0.917. The molecule has 0 amide bonds. The zero-order valence-electron chi connectivity index (χ0n) is 10.3. The van der Waals surface area contributed by atoms with Crippen LogP contribution >= 0.6 is 0 Å². The van der Waals surface area contributed by atoms with Crippen molar-refractivity contribution >= 4 is 5.71 Å². The van der Waals surface area contributed by atoms with E-state index < -0.39 is 12.2 Å². The molecule has 0 spiro atoms. The second-order valence-electron chi connectivity index (χ2n) is 4.53. The maximum atomic E-state index is 12.9. The van der Waals surface area contributed by atoms with Crippen LogP contribution in [0.25, 0.3) is 0 Å². The Morgan fingerprint density at radius 2 is 1.95 bits per heavy atom. The largest absolute Gasteiger partial charge is 0.406 e. The van der Waals surface area contributed by atoms with Gasteiger partial charge >= 0.3 is 6.18 Å². The number of benzene rings is 1. The summed E-state index contributed by atoms with van der Waals surface area (Å²) in [5, 5.41) is 8.40. The highest BCUT2D eigenvalue weighted by Crippen LogP contribution is 2.31. The first-order valence-corrected chi connectivity index (χ1v) is 6.03. The third-order valence-electron chi connectivity index (χ3n) is 3.03. The van der Waals surface area contributed by atoms with Crippen molar-refractivity contribution in [3.8, 4) is 0 Å². The van der Waals surface area contributed by atoms with Crippen molar-refractivity contribution in [2.45, 2.75) is 31.7 Å². The molecule has 0 radical (unpaired) electrons. The molecule has 2 rings (SSSR count). The van der Waals surface area contributed by atoms with E-state index in [0.29, 0.717) is 0 Å². The minimum atomic E-state index is -4.32. The summed E-state index contributed by atoms with van der Waals surface area (Å²) in [7, 11) is 0. The maximum Gasteiger partial charge on any atom is 0.406 e. The molecule has 1 aliphatic heterocycles. The van der Waals surface area contributed by atoms with Gasteiger partial charge < -0.3 is 5.41 Å². The Morgan fingerprint density at radius 3 is 2.58 bits per heavy atom. The van der Waals surface area contributed by atoms with Gasteiger partial charge in [0.25, 0.3) is 0 Å². The molecule has 104 valence electrons. The number of hydrogen-bond donors (Lipinski definition) is 1. The average molecular weight is 272 g/mol. The first-order valence-electron chi connectivity index (χ1n) is 6.03. The Bertz CT molecular complexity index is 433. The smallest absolute Gasteiger partial charge is 0.308 e. The van der Waals surface area contributed by atoms with E-state index in [-0.39, 0.29) is 31.7 Å². The molecule has 1 saturated heterocycles. The second kappa shape index (κ2) is 5.71. The van der Waals surface area contributed by atoms with Gasteiger partial charge in [0.2, 0.25) is 0 Å². The molecule has 0 bridgehead atoms. The molecule has 1 unspecified atom stereocenters. The van der Waals surface area contributed by atoms with Gasteiger partial charge in [0.15, 0.2) is 0 Å². The molecule has 0 saturated carbocycles. The van der Waals surface area contributed by atoms with Crippen LogP contribution in [0.4, 0.5) is 13.2 Å². The summed E-state index contributed by atoms with van der Waals surface area (Å²) < 4.78 is 38.6. The molecule has 1 aliphatic rings. The van der Waals surface area contributed by atoms with Gasteiger partial charge in [-0.25, -0.2) is 0 Å². The molecule has 1 N–H and O–H groups in total. The van der Waals surface area contributed by atoms with Crippen molar-refractivity contribution < 1.29 is 18.0 Å². The second-order valence-corrected chi connectivity index (χ2v) is 4.53. The SMILES string of the molecule is N=C1CCC(C(F)(F)F)N(OCc2ccccc2)C1. The number of piperidine rings is 1. The van der Waals surface area contributed by atoms with Crippen LogP contribution in [0.1, 0.15) is 18.4 Å². The van der Waals surface area contributed by atoms with Crippen LogP contribution in [0, 0.1) is 5.41 Å². The van der Waals surface area contributed by atoms with E-state index in [2.05, 4.69) is 0 Å². The van der Waals surface area contributed by atoms with Crippen LogP contribution in [-0.4, -0.2) is 29.5 Å². The third-order valence-corrected chi connectivity index (χ3v) is 3.03. The van der Waals surface area contributed by atoms with E-state index in [4.69, 9.17) is 10.2 Å². The highest BCUT2D eigenvalue weighted by Gasteiger charge is 2.46. The number of alkyl halides is 3. The fraction of sp³-hybridized carbons (Fsp3) is 0.462. The Labute approximate surface area is 109 Å². The highest BCUT2D eigenvalue weighted by atomic mass is 19.4. The molecule has 1 aromatic rings. The van der Waals surface area contributed by atoms with E-state index in [1.54, 1.807) is 24.3 Å². The zero-order valence-corrected chi connectivity index (χ0v) is 10.3. The number of hydroxylamine groups is 2. The van der Waals surface area contributed by atoms with Gasteiger partial charge in [0.1, 0.15) is 6.04 Å². The fourth-order valence-corrected chi connectivity index (χ4v) is 2.03. The van der Waals surface area contributed by atoms with Gasteiger partial charge in [0.05, 0.1) is 13.2 Å². The molecule has 3 nitrogen and oxygen atoms in total. The van der Waals surface area contributed by atoms with Gasteiger partial charge in [0, 0.05) is 5.71 Å². The number of hydrogen-bond acceptors (Lipinski definition) is 3. The van der Waals surface area contributed by atoms with Crippen molar-refractivity contribution in [1.82, 2.24) is 5.06 Å². The van der Waals surface area contributed by atoms with Gasteiger partial charge in [-0.2, -0.15) is 18.2 Å². The lowest BCUT2D eigenvalue weighted by atomic mass is 10.0. The van der Waals surface area contributed by atoms with Crippen LogP contribution in [-0.2, 0) is 11.4 Å². The molecular formula is C13H15F3N2O. The van der Waals surface area contributed by atoms with Gasteiger partial charge in [-0.1, -0.05) is 30.3 Å². The summed E-state index contributed by atoms with van der Waals surface area (Å²) in [4.78, 5) is 5.25. The van der Waals surface area contributed by atoms with E-state index >= 15 is 0 Å². The minimum Gasteiger partial charge on any atom is -0.308 e. The predicted molar refractivity (Wildman–Crippen MR) is 64.7 cm³/mol. The number of nitrogens with one attached hydrogen (secondary N) is 1. The summed E-state index contributed by atoms with van der Waals surface area (Å²) in [6.45, 7) is -0.00227. The Morgan fingerprint density at radius 1 is 1.26 bits per heavy atom. The Balaban J connectivity index is 2.00. The monoisotopic (exact) mass is 272 g/mol. The summed E-state index contributed by atoms with van der Waals surface area (Å²) in [6.07, 6.45) is -4.26. The zero-order chi connectivity index (χ0) is 13.9. The Kier molecular flexibility index (Phi) is 4.21. The van der Waals surface area contributed by atoms with Crippen molar-refractivity contribution in [3.05, 3.63) is 35.9 Å². The van der Waals surface area contributed by atoms with Crippen LogP contribution in [0.2, 0.25) is 0 Å². The number of halogens is 3. The van der Waals surface area contributed by atoms with Gasteiger partial charge in [-0.3, -0.25) is 4.84 Å². The molecule has 0 aliphatic carbocycles. The lowest BCUT2D eigenvalue weighted by molar-refractivity contribution is -0.278. The average Bonchev–Trinajstić information content (AvgIpc) is 2.36. The molecular weight excluding hydrogens is 257 g/mol. The highest BCUT2D eigenvalue weighted by molar-refractivity contribution is 5.83. The van der Waals surface area contributed by atoms with Crippen LogP contribution in [0.3, 0.4) is 0 Å². The van der Waals surface area contributed by atoms with Crippen LogP contribution in [0.15, 0.2) is 30.3 Å². The summed E-state index contributed by atoms with van der Waals surface area (Å²) in [6, 6.07) is 7.40. The molecule has 1 fully saturated rings. The normalized spacial score (nSPS) is 21.6. The van der Waals surface area contributed by atoms with Gasteiger partial charge in [-0.05, 0) is 18.4 Å². The number of rotatable bonds is 3. The van der Waals surface area contributed by atoms with E-state index in [1.165, 1.54) is 0 Å². The van der Waals surface area contributed by atoms with Crippen molar-refractivity contribution in [3.63, 3.8) is 0 Å². The first-order chi connectivity index (χ1) is 8.97. The topological polar surface area (TPSA) is 36.3 Å². The summed E-state index contributed by atoms with van der Waals surface area (Å²) in [5.74, 6) is 0. The molecule has 0 aromatic heterocycles. The van der Waals surface area contributed by atoms with E-state index in [0.717, 1.165) is 10.6 Å². The summed E-state index contributed by atoms with van der Waals surface area (Å²) >= 11 is 0. The lowest BCUT2D eigenvalue weighted by Gasteiger charge is -2.35. The lowest BCUT2D eigenvalue weighted by Crippen LogP contribution is -2.50. The molecule has 1 atom stereocenters. The molecule has 1 aromatic carbocycles. The van der Waals surface area contributed by atoms with E-state index in [1.807, 2.05) is 6.07 Å². The van der Waals surface area contributed by atoms with Crippen molar-refractivity contribution in [2.75, 3.05) is 6.54 Å². The first kappa shape index (κ1) is 14.0. The number of nitrogens with zero attached hydrogens (tertiary/aromatic N) is 1. The van der Waals surface area contributed by atoms with Crippen molar-refractivity contribution in [1.29, 1.82) is 5.41 Å². The predicted octanol–water partition coefficient (Wildman–Crippen LogP) is 3.16.